The summed E-state index contributed by atoms with van der Waals surface area (Å²) in [5, 5.41) is 0. The number of unbranched alkanes of at least 4 members (excludes halogenated alkanes) is 9. The lowest BCUT2D eigenvalue weighted by Crippen LogP contribution is -2.47. The third-order valence-electron chi connectivity index (χ3n) is 7.34. The van der Waals surface area contributed by atoms with Gasteiger partial charge in [-0.15, -0.1) is 0 Å². The number of hydrogen-bond acceptors (Lipinski definition) is 5. The predicted molar refractivity (Wildman–Crippen MR) is 160 cm³/mol. The van der Waals surface area contributed by atoms with Gasteiger partial charge in [-0.25, -0.2) is 0 Å². The number of carbonyl (C=O) groups is 1. The summed E-state index contributed by atoms with van der Waals surface area (Å²) in [5.74, 6) is -0.564. The number of ether oxygens (including phenoxy) is 4. The fraction of sp³-hybridized carbons (Fsp3) is 0.909. The molecule has 5 heteroatoms. The highest BCUT2D eigenvalue weighted by Crippen LogP contribution is 2.34. The van der Waals surface area contributed by atoms with Gasteiger partial charge in [-0.05, 0) is 65.4 Å². The van der Waals surface area contributed by atoms with Crippen LogP contribution in [0.3, 0.4) is 0 Å². The summed E-state index contributed by atoms with van der Waals surface area (Å²) in [4.78, 5) is 12.7. The van der Waals surface area contributed by atoms with Gasteiger partial charge in [0.25, 0.3) is 5.97 Å². The van der Waals surface area contributed by atoms with Crippen molar-refractivity contribution in [2.75, 3.05) is 33.0 Å². The number of allylic oxidation sites excluding steroid dienone is 1. The summed E-state index contributed by atoms with van der Waals surface area (Å²) < 4.78 is 24.5. The van der Waals surface area contributed by atoms with E-state index in [0.717, 1.165) is 44.9 Å². The second-order valence-electron chi connectivity index (χ2n) is 10.7. The van der Waals surface area contributed by atoms with E-state index in [1.807, 2.05) is 27.7 Å². The van der Waals surface area contributed by atoms with Crippen molar-refractivity contribution in [3.8, 4) is 0 Å². The summed E-state index contributed by atoms with van der Waals surface area (Å²) >= 11 is 0. The largest absolute Gasteiger partial charge is 0.381 e. The van der Waals surface area contributed by atoms with E-state index in [-0.39, 0.29) is 17.6 Å². The molecule has 226 valence electrons. The molecule has 0 aliphatic heterocycles. The lowest BCUT2D eigenvalue weighted by molar-refractivity contribution is -0.403. The van der Waals surface area contributed by atoms with Crippen LogP contribution in [0.25, 0.3) is 0 Å². The first-order valence-electron chi connectivity index (χ1n) is 16.1. The van der Waals surface area contributed by atoms with E-state index in [9.17, 15) is 4.79 Å². The van der Waals surface area contributed by atoms with E-state index in [1.165, 1.54) is 57.8 Å². The standard InChI is InChI=1S/C33H64O5/c1-8-13-15-17-19-21-24-31(33(36-10-3,37-11-4)38-12-5)25-22-27-35-28-26-30(32(34)29(6)7)23-20-18-16-14-9-2/h30-31H,6,8-28H2,1-5,7H3. The highest BCUT2D eigenvalue weighted by molar-refractivity contribution is 5.95. The molecule has 2 unspecified atom stereocenters. The summed E-state index contributed by atoms with van der Waals surface area (Å²) in [6.45, 7) is 19.2. The SMILES string of the molecule is C=C(C)C(=O)C(CCCCCCC)CCOCCCC(CCCCCCCC)C(OCC)(OCC)OCC. The minimum Gasteiger partial charge on any atom is -0.381 e. The molecule has 0 radical (unpaired) electrons. The molecule has 0 aromatic rings. The lowest BCUT2D eigenvalue weighted by atomic mass is 9.90. The van der Waals surface area contributed by atoms with E-state index < -0.39 is 5.97 Å². The van der Waals surface area contributed by atoms with Crippen molar-refractivity contribution in [2.45, 2.75) is 150 Å². The molecule has 0 heterocycles. The van der Waals surface area contributed by atoms with E-state index in [2.05, 4.69) is 20.4 Å². The molecular weight excluding hydrogens is 476 g/mol. The average molecular weight is 541 g/mol. The molecule has 0 N–H and O–H groups in total. The fourth-order valence-electron chi connectivity index (χ4n) is 5.26. The average Bonchev–Trinajstić information content (AvgIpc) is 2.89. The maximum atomic E-state index is 12.7. The summed E-state index contributed by atoms with van der Waals surface area (Å²) in [6.07, 6.45) is 18.3. The Hall–Kier alpha value is -0.750. The summed E-state index contributed by atoms with van der Waals surface area (Å²) in [5.41, 5.74) is 0.667. The Kier molecular flexibility index (Phi) is 24.7. The van der Waals surface area contributed by atoms with Gasteiger partial charge in [-0.1, -0.05) is 91.1 Å². The Morgan fingerprint density at radius 2 is 1.11 bits per heavy atom. The maximum absolute atomic E-state index is 12.7. The zero-order chi connectivity index (χ0) is 28.5. The molecular formula is C33H64O5. The smallest absolute Gasteiger partial charge is 0.285 e. The molecule has 0 fully saturated rings. The molecule has 0 spiro atoms. The zero-order valence-corrected chi connectivity index (χ0v) is 26.3. The first kappa shape index (κ1) is 37.2. The number of hydrogen-bond donors (Lipinski definition) is 0. The van der Waals surface area contributed by atoms with Crippen molar-refractivity contribution < 1.29 is 23.7 Å². The van der Waals surface area contributed by atoms with E-state index in [4.69, 9.17) is 18.9 Å². The number of rotatable bonds is 29. The van der Waals surface area contributed by atoms with Crippen molar-refractivity contribution >= 4 is 5.78 Å². The molecule has 0 saturated heterocycles. The van der Waals surface area contributed by atoms with Crippen molar-refractivity contribution in [2.24, 2.45) is 11.8 Å². The van der Waals surface area contributed by atoms with Gasteiger partial charge in [0.2, 0.25) is 0 Å². The van der Waals surface area contributed by atoms with Crippen LogP contribution in [0.2, 0.25) is 0 Å². The Bertz CT molecular complexity index is 545. The predicted octanol–water partition coefficient (Wildman–Crippen LogP) is 9.43. The third-order valence-corrected chi connectivity index (χ3v) is 7.34. The highest BCUT2D eigenvalue weighted by atomic mass is 16.9. The van der Waals surface area contributed by atoms with Crippen LogP contribution < -0.4 is 0 Å². The quantitative estimate of drug-likeness (QED) is 0.0537. The maximum Gasteiger partial charge on any atom is 0.285 e. The number of Topliss-reactive ketones (excluding diaryl/α,β-unsaturated/α-hetero) is 1. The van der Waals surface area contributed by atoms with Crippen LogP contribution in [0.4, 0.5) is 0 Å². The van der Waals surface area contributed by atoms with Gasteiger partial charge >= 0.3 is 0 Å². The molecule has 0 amide bonds. The fourth-order valence-corrected chi connectivity index (χ4v) is 5.26. The van der Waals surface area contributed by atoms with Crippen LogP contribution in [-0.4, -0.2) is 44.8 Å². The van der Waals surface area contributed by atoms with Gasteiger partial charge in [0.1, 0.15) is 0 Å². The van der Waals surface area contributed by atoms with Gasteiger partial charge in [-0.2, -0.15) is 0 Å². The molecule has 0 saturated carbocycles. The van der Waals surface area contributed by atoms with Crippen LogP contribution in [0.1, 0.15) is 144 Å². The molecule has 0 aromatic heterocycles. The second kappa shape index (κ2) is 25.2. The van der Waals surface area contributed by atoms with Crippen molar-refractivity contribution in [3.63, 3.8) is 0 Å². The molecule has 0 bridgehead atoms. The second-order valence-corrected chi connectivity index (χ2v) is 10.7. The van der Waals surface area contributed by atoms with Crippen molar-refractivity contribution in [1.29, 1.82) is 0 Å². The van der Waals surface area contributed by atoms with Crippen LogP contribution in [0, 0.1) is 11.8 Å². The monoisotopic (exact) mass is 540 g/mol. The lowest BCUT2D eigenvalue weighted by Gasteiger charge is -2.39. The van der Waals surface area contributed by atoms with Gasteiger partial charge in [0, 0.05) is 44.9 Å². The van der Waals surface area contributed by atoms with E-state index in [1.54, 1.807) is 0 Å². The molecule has 0 aliphatic carbocycles. The van der Waals surface area contributed by atoms with Crippen molar-refractivity contribution in [3.05, 3.63) is 12.2 Å². The molecule has 0 rings (SSSR count). The normalized spacial score (nSPS) is 13.5. The first-order valence-corrected chi connectivity index (χ1v) is 16.1. The number of carbonyl (C=O) groups excluding carboxylic acids is 1. The molecule has 38 heavy (non-hydrogen) atoms. The topological polar surface area (TPSA) is 54.0 Å². The molecule has 0 aromatic carbocycles. The minimum atomic E-state index is -0.974. The Morgan fingerprint density at radius 1 is 0.632 bits per heavy atom. The Morgan fingerprint density at radius 3 is 1.61 bits per heavy atom. The van der Waals surface area contributed by atoms with Crippen LogP contribution in [0.5, 0.6) is 0 Å². The summed E-state index contributed by atoms with van der Waals surface area (Å²) in [6, 6.07) is 0. The first-order chi connectivity index (χ1) is 18.4. The number of ketones is 1. The molecule has 5 nitrogen and oxygen atoms in total. The zero-order valence-electron chi connectivity index (χ0n) is 26.3. The van der Waals surface area contributed by atoms with Gasteiger partial charge in [0.15, 0.2) is 5.78 Å². The summed E-state index contributed by atoms with van der Waals surface area (Å²) in [7, 11) is 0. The van der Waals surface area contributed by atoms with Gasteiger partial charge in [-0.3, -0.25) is 4.79 Å². The Balaban J connectivity index is 4.84. The van der Waals surface area contributed by atoms with Crippen LogP contribution in [-0.2, 0) is 23.7 Å². The van der Waals surface area contributed by atoms with Gasteiger partial charge < -0.3 is 18.9 Å². The van der Waals surface area contributed by atoms with Gasteiger partial charge in [0.05, 0.1) is 0 Å². The molecule has 2 atom stereocenters. The van der Waals surface area contributed by atoms with Crippen LogP contribution in [0.15, 0.2) is 12.2 Å². The van der Waals surface area contributed by atoms with E-state index >= 15 is 0 Å². The van der Waals surface area contributed by atoms with E-state index in [0.29, 0.717) is 38.6 Å². The highest BCUT2D eigenvalue weighted by Gasteiger charge is 2.41. The molecule has 0 aliphatic rings. The van der Waals surface area contributed by atoms with Crippen molar-refractivity contribution in [1.82, 2.24) is 0 Å². The minimum absolute atomic E-state index is 0.0381. The Labute approximate surface area is 236 Å². The van der Waals surface area contributed by atoms with Crippen LogP contribution >= 0.6 is 0 Å². The third kappa shape index (κ3) is 17.0.